The third-order valence-corrected chi connectivity index (χ3v) is 8.34. The summed E-state index contributed by atoms with van der Waals surface area (Å²) >= 11 is 3.25. The van der Waals surface area contributed by atoms with Crippen molar-refractivity contribution >= 4 is 45.0 Å². The van der Waals surface area contributed by atoms with Crippen molar-refractivity contribution in [1.82, 2.24) is 14.6 Å². The second-order valence-electron chi connectivity index (χ2n) is 8.18. The van der Waals surface area contributed by atoms with E-state index in [0.717, 1.165) is 22.4 Å². The molecule has 1 saturated carbocycles. The number of rotatable bonds is 7. The molecule has 0 saturated heterocycles. The number of esters is 1. The highest BCUT2D eigenvalue weighted by atomic mass is 32.2. The number of furan rings is 1. The molecule has 9 heteroatoms. The topological polar surface area (TPSA) is 86.7 Å². The third kappa shape index (κ3) is 4.70. The van der Waals surface area contributed by atoms with E-state index < -0.39 is 5.97 Å². The lowest BCUT2D eigenvalue weighted by Crippen LogP contribution is -2.17. The van der Waals surface area contributed by atoms with Gasteiger partial charge in [0.25, 0.3) is 5.56 Å². The molecule has 1 fully saturated rings. The van der Waals surface area contributed by atoms with Gasteiger partial charge in [-0.15, -0.1) is 0 Å². The minimum absolute atomic E-state index is 0.101. The standard InChI is InChI=1S/C24H25N3O4S2/c1-2-20-26-27-21(28)12-15(25-24(27)33-20)13-30-23(29)22-18(14-32-16-8-4-3-5-9-16)17-10-6-7-11-19(17)31-22/h6-7,10-12,16H,2-5,8-9,13-14H2,1H3. The number of benzene rings is 1. The van der Waals surface area contributed by atoms with Crippen LogP contribution in [0.3, 0.4) is 0 Å². The Hall–Kier alpha value is -2.65. The molecule has 0 amide bonds. The van der Waals surface area contributed by atoms with Crippen LogP contribution in [0.1, 0.15) is 65.8 Å². The zero-order chi connectivity index (χ0) is 22.8. The van der Waals surface area contributed by atoms with E-state index in [9.17, 15) is 9.59 Å². The van der Waals surface area contributed by atoms with E-state index in [2.05, 4.69) is 10.1 Å². The largest absolute Gasteiger partial charge is 0.453 e. The molecule has 1 aliphatic carbocycles. The normalized spacial score (nSPS) is 14.8. The quantitative estimate of drug-likeness (QED) is 0.326. The zero-order valence-corrected chi connectivity index (χ0v) is 20.0. The van der Waals surface area contributed by atoms with Crippen LogP contribution in [0.5, 0.6) is 0 Å². The third-order valence-electron chi connectivity index (χ3n) is 5.89. The van der Waals surface area contributed by atoms with Crippen molar-refractivity contribution in [2.24, 2.45) is 0 Å². The van der Waals surface area contributed by atoms with Crippen molar-refractivity contribution in [3.05, 3.63) is 62.7 Å². The van der Waals surface area contributed by atoms with Gasteiger partial charge in [0.1, 0.15) is 17.2 Å². The monoisotopic (exact) mass is 483 g/mol. The van der Waals surface area contributed by atoms with Crippen molar-refractivity contribution in [1.29, 1.82) is 0 Å². The van der Waals surface area contributed by atoms with Gasteiger partial charge < -0.3 is 9.15 Å². The summed E-state index contributed by atoms with van der Waals surface area (Å²) in [6.45, 7) is 1.87. The summed E-state index contributed by atoms with van der Waals surface area (Å²) in [5.74, 6) is 0.410. The van der Waals surface area contributed by atoms with Gasteiger partial charge in [-0.05, 0) is 25.3 Å². The van der Waals surface area contributed by atoms with Crippen molar-refractivity contribution in [2.75, 3.05) is 0 Å². The van der Waals surface area contributed by atoms with Gasteiger partial charge >= 0.3 is 5.97 Å². The highest BCUT2D eigenvalue weighted by molar-refractivity contribution is 7.99. The number of hydrogen-bond donors (Lipinski definition) is 0. The number of hydrogen-bond acceptors (Lipinski definition) is 8. The highest BCUT2D eigenvalue weighted by Crippen LogP contribution is 2.35. The summed E-state index contributed by atoms with van der Waals surface area (Å²) in [7, 11) is 0. The molecule has 0 bridgehead atoms. The maximum atomic E-state index is 13.0. The van der Waals surface area contributed by atoms with Gasteiger partial charge in [0, 0.05) is 28.0 Å². The van der Waals surface area contributed by atoms with Gasteiger partial charge in [-0.2, -0.15) is 21.4 Å². The van der Waals surface area contributed by atoms with Crippen LogP contribution in [0.4, 0.5) is 0 Å². The first-order valence-electron chi connectivity index (χ1n) is 11.3. The molecular weight excluding hydrogens is 458 g/mol. The van der Waals surface area contributed by atoms with Crippen LogP contribution in [0.25, 0.3) is 15.9 Å². The van der Waals surface area contributed by atoms with Crippen LogP contribution in [0.2, 0.25) is 0 Å². The average Bonchev–Trinajstić information content (AvgIpc) is 3.43. The molecule has 1 aromatic carbocycles. The van der Waals surface area contributed by atoms with Crippen LogP contribution in [0.15, 0.2) is 39.5 Å². The zero-order valence-electron chi connectivity index (χ0n) is 18.4. The van der Waals surface area contributed by atoms with Crippen molar-refractivity contribution < 1.29 is 13.9 Å². The summed E-state index contributed by atoms with van der Waals surface area (Å²) in [5, 5.41) is 6.64. The molecule has 3 aromatic heterocycles. The lowest BCUT2D eigenvalue weighted by molar-refractivity contribution is 0.0432. The van der Waals surface area contributed by atoms with E-state index in [-0.39, 0.29) is 17.9 Å². The van der Waals surface area contributed by atoms with Crippen LogP contribution in [0, 0.1) is 0 Å². The minimum atomic E-state index is -0.536. The van der Waals surface area contributed by atoms with Gasteiger partial charge in [0.2, 0.25) is 10.7 Å². The molecule has 1 aliphatic rings. The molecular formula is C24H25N3O4S2. The van der Waals surface area contributed by atoms with E-state index in [0.29, 0.717) is 27.2 Å². The van der Waals surface area contributed by atoms with Gasteiger partial charge in [-0.1, -0.05) is 55.7 Å². The summed E-state index contributed by atoms with van der Waals surface area (Å²) in [4.78, 5) is 30.3. The Morgan fingerprint density at radius 2 is 2.09 bits per heavy atom. The molecule has 5 rings (SSSR count). The first-order valence-corrected chi connectivity index (χ1v) is 13.2. The average molecular weight is 484 g/mol. The summed E-state index contributed by atoms with van der Waals surface area (Å²) < 4.78 is 12.8. The second-order valence-corrected chi connectivity index (χ2v) is 10.5. The van der Waals surface area contributed by atoms with E-state index in [4.69, 9.17) is 9.15 Å². The van der Waals surface area contributed by atoms with E-state index in [1.165, 1.54) is 54.0 Å². The second kappa shape index (κ2) is 9.69. The maximum Gasteiger partial charge on any atom is 0.374 e. The maximum absolute atomic E-state index is 13.0. The Labute approximate surface area is 199 Å². The molecule has 0 unspecified atom stereocenters. The fraction of sp³-hybridized carbons (Fsp3) is 0.417. The van der Waals surface area contributed by atoms with Crippen LogP contribution in [-0.2, 0) is 23.5 Å². The van der Waals surface area contributed by atoms with Crippen LogP contribution in [-0.4, -0.2) is 25.8 Å². The minimum Gasteiger partial charge on any atom is -0.453 e. The summed E-state index contributed by atoms with van der Waals surface area (Å²) in [6, 6.07) is 9.06. The highest BCUT2D eigenvalue weighted by Gasteiger charge is 2.24. The number of nitrogens with zero attached hydrogens (tertiary/aromatic N) is 3. The van der Waals surface area contributed by atoms with Crippen molar-refractivity contribution in [3.8, 4) is 0 Å². The van der Waals surface area contributed by atoms with Crippen LogP contribution >= 0.6 is 23.1 Å². The molecule has 0 spiro atoms. The molecule has 7 nitrogen and oxygen atoms in total. The van der Waals surface area contributed by atoms with Gasteiger partial charge in [-0.25, -0.2) is 9.78 Å². The first-order chi connectivity index (χ1) is 16.1. The number of aromatic nitrogens is 3. The van der Waals surface area contributed by atoms with Crippen molar-refractivity contribution in [2.45, 2.75) is 63.1 Å². The summed E-state index contributed by atoms with van der Waals surface area (Å²) in [6.07, 6.45) is 7.03. The number of ether oxygens (including phenoxy) is 1. The van der Waals surface area contributed by atoms with Crippen LogP contribution < -0.4 is 5.56 Å². The lowest BCUT2D eigenvalue weighted by atomic mass is 10.0. The lowest BCUT2D eigenvalue weighted by Gasteiger charge is -2.20. The Bertz CT molecular complexity index is 1350. The molecule has 0 N–H and O–H groups in total. The number of fused-ring (bicyclic) bond motifs is 2. The molecule has 172 valence electrons. The number of carbonyl (C=O) groups excluding carboxylic acids is 1. The Balaban J connectivity index is 1.35. The number of aryl methyl sites for hydroxylation is 1. The van der Waals surface area contributed by atoms with Gasteiger partial charge in [0.15, 0.2) is 0 Å². The Morgan fingerprint density at radius 3 is 2.91 bits per heavy atom. The van der Waals surface area contributed by atoms with Gasteiger partial charge in [0.05, 0.1) is 5.69 Å². The molecule has 0 atom stereocenters. The van der Waals surface area contributed by atoms with E-state index >= 15 is 0 Å². The fourth-order valence-corrected chi connectivity index (χ4v) is 6.37. The summed E-state index contributed by atoms with van der Waals surface area (Å²) in [5.41, 5.74) is 1.67. The first kappa shape index (κ1) is 22.2. The predicted octanol–water partition coefficient (Wildman–Crippen LogP) is 5.38. The predicted molar refractivity (Wildman–Crippen MR) is 130 cm³/mol. The molecule has 3 heterocycles. The molecule has 33 heavy (non-hydrogen) atoms. The SMILES string of the molecule is CCc1nn2c(=O)cc(COC(=O)c3oc4ccccc4c3CSC3CCCCC3)nc2s1. The number of carbonyl (C=O) groups is 1. The smallest absolute Gasteiger partial charge is 0.374 e. The van der Waals surface area contributed by atoms with Gasteiger partial charge in [-0.3, -0.25) is 4.79 Å². The van der Waals surface area contributed by atoms with Crippen molar-refractivity contribution in [3.63, 3.8) is 0 Å². The van der Waals surface area contributed by atoms with E-state index in [1.807, 2.05) is 43.0 Å². The Kier molecular flexibility index (Phi) is 6.50. The number of para-hydroxylation sites is 1. The molecule has 4 aromatic rings. The molecule has 0 aliphatic heterocycles. The molecule has 0 radical (unpaired) electrons. The fourth-order valence-electron chi connectivity index (χ4n) is 4.16. The number of thioether (sulfide) groups is 1. The Morgan fingerprint density at radius 1 is 1.27 bits per heavy atom. The van der Waals surface area contributed by atoms with E-state index in [1.54, 1.807) is 0 Å².